The minimum Gasteiger partial charge on any atom is -0.377 e. The smallest absolute Gasteiger partial charge is 0.0701 e. The fourth-order valence-corrected chi connectivity index (χ4v) is 0.712. The molecule has 0 N–H and O–H groups in total. The lowest BCUT2D eigenvalue weighted by molar-refractivity contribution is 0.475. The summed E-state index contributed by atoms with van der Waals surface area (Å²) in [6, 6.07) is 3.94. The van der Waals surface area contributed by atoms with Gasteiger partial charge in [-0.15, -0.1) is 0 Å². The Morgan fingerprint density at radius 3 is 2.58 bits per heavy atom. The summed E-state index contributed by atoms with van der Waals surface area (Å²) in [7, 11) is 0. The third-order valence-corrected chi connectivity index (χ3v) is 1.45. The van der Waals surface area contributed by atoms with Crippen LogP contribution in [-0.2, 0) is 4.74 Å². The van der Waals surface area contributed by atoms with E-state index in [0.717, 1.165) is 18.9 Å². The molecule has 0 unspecified atom stereocenters. The molecule has 64 valence electrons. The van der Waals surface area contributed by atoms with Crippen molar-refractivity contribution in [2.24, 2.45) is 0 Å². The molecule has 2 rings (SSSR count). The molecule has 1 fully saturated rings. The number of pyridine rings is 1. The fourth-order valence-electron chi connectivity index (χ4n) is 0.712. The van der Waals surface area contributed by atoms with Gasteiger partial charge in [-0.1, -0.05) is 12.6 Å². The van der Waals surface area contributed by atoms with E-state index in [1.165, 1.54) is 5.56 Å². The maximum Gasteiger partial charge on any atom is 0.0701 e. The first kappa shape index (κ1) is 8.94. The lowest BCUT2D eigenvalue weighted by Gasteiger charge is -1.94. The molecule has 2 heteroatoms. The second-order valence-electron chi connectivity index (χ2n) is 2.52. The fraction of sp³-hybridized carbons (Fsp3) is 0.300. The number of aromatic nitrogens is 1. The third-order valence-electron chi connectivity index (χ3n) is 1.45. The van der Waals surface area contributed by atoms with E-state index in [1.807, 2.05) is 19.1 Å². The summed E-state index contributed by atoms with van der Waals surface area (Å²) < 4.78 is 4.50. The Hall–Kier alpha value is -1.15. The molecule has 1 aromatic heterocycles. The quantitative estimate of drug-likeness (QED) is 0.592. The van der Waals surface area contributed by atoms with Crippen molar-refractivity contribution in [3.63, 3.8) is 0 Å². The summed E-state index contributed by atoms with van der Waals surface area (Å²) in [5.41, 5.74) is 2.14. The highest BCUT2D eigenvalue weighted by Gasteiger charge is 1.94. The van der Waals surface area contributed by atoms with Gasteiger partial charge in [-0.2, -0.15) is 0 Å². The number of epoxide rings is 1. The van der Waals surface area contributed by atoms with E-state index < -0.39 is 0 Å². The van der Waals surface area contributed by atoms with Crippen molar-refractivity contribution in [3.8, 4) is 0 Å². The van der Waals surface area contributed by atoms with Gasteiger partial charge in [-0.25, -0.2) is 0 Å². The second kappa shape index (κ2) is 4.67. The van der Waals surface area contributed by atoms with Crippen LogP contribution in [0, 0.1) is 6.92 Å². The Balaban J connectivity index is 0.000000200. The van der Waals surface area contributed by atoms with Crippen LogP contribution in [0.1, 0.15) is 11.3 Å². The number of ether oxygens (including phenoxy) is 1. The monoisotopic (exact) mass is 163 g/mol. The third kappa shape index (κ3) is 3.30. The molecule has 1 saturated heterocycles. The Morgan fingerprint density at radius 1 is 1.58 bits per heavy atom. The van der Waals surface area contributed by atoms with E-state index in [9.17, 15) is 0 Å². The first-order valence-electron chi connectivity index (χ1n) is 3.96. The zero-order valence-electron chi connectivity index (χ0n) is 7.29. The first-order chi connectivity index (χ1) is 5.84. The van der Waals surface area contributed by atoms with Gasteiger partial charge in [0.15, 0.2) is 0 Å². The molecule has 0 radical (unpaired) electrons. The van der Waals surface area contributed by atoms with Gasteiger partial charge < -0.3 is 4.74 Å². The molecule has 0 amide bonds. The van der Waals surface area contributed by atoms with Crippen molar-refractivity contribution in [1.82, 2.24) is 4.98 Å². The Morgan fingerprint density at radius 2 is 2.25 bits per heavy atom. The number of hydrogen-bond donors (Lipinski definition) is 0. The number of nitrogens with zero attached hydrogens (tertiary/aromatic N) is 1. The van der Waals surface area contributed by atoms with Gasteiger partial charge in [0.1, 0.15) is 0 Å². The van der Waals surface area contributed by atoms with Gasteiger partial charge in [0.05, 0.1) is 18.9 Å². The largest absolute Gasteiger partial charge is 0.377 e. The van der Waals surface area contributed by atoms with Gasteiger partial charge in [-0.3, -0.25) is 4.98 Å². The molecule has 0 aliphatic carbocycles. The van der Waals surface area contributed by atoms with Crippen LogP contribution in [-0.4, -0.2) is 18.2 Å². The van der Waals surface area contributed by atoms with Crippen LogP contribution in [0.3, 0.4) is 0 Å². The van der Waals surface area contributed by atoms with Crippen LogP contribution in [0.4, 0.5) is 0 Å². The van der Waals surface area contributed by atoms with Crippen molar-refractivity contribution < 1.29 is 4.74 Å². The number of hydrogen-bond acceptors (Lipinski definition) is 2. The minimum absolute atomic E-state index is 0.970. The van der Waals surface area contributed by atoms with Crippen LogP contribution in [0.5, 0.6) is 0 Å². The Kier molecular flexibility index (Phi) is 3.48. The van der Waals surface area contributed by atoms with E-state index in [1.54, 1.807) is 12.3 Å². The topological polar surface area (TPSA) is 25.4 Å². The van der Waals surface area contributed by atoms with E-state index >= 15 is 0 Å². The van der Waals surface area contributed by atoms with E-state index in [4.69, 9.17) is 0 Å². The molecule has 0 saturated carbocycles. The summed E-state index contributed by atoms with van der Waals surface area (Å²) in [5.74, 6) is 0. The van der Waals surface area contributed by atoms with Crippen LogP contribution in [0.25, 0.3) is 6.08 Å². The molecule has 0 aromatic carbocycles. The van der Waals surface area contributed by atoms with Crippen molar-refractivity contribution in [3.05, 3.63) is 36.2 Å². The van der Waals surface area contributed by atoms with Gasteiger partial charge in [0, 0.05) is 6.20 Å². The Labute approximate surface area is 72.9 Å². The van der Waals surface area contributed by atoms with Gasteiger partial charge in [-0.05, 0) is 24.6 Å². The SMILES string of the molecule is C1CO1.C=Cc1ncccc1C. The normalized spacial score (nSPS) is 12.8. The molecular weight excluding hydrogens is 150 g/mol. The highest BCUT2D eigenvalue weighted by Crippen LogP contribution is 2.02. The standard InChI is InChI=1S/C8H9N.C2H4O/c1-3-8-7(2)5-4-6-9-8;1-2-3-1/h3-6H,1H2,2H3;1-2H2. The molecule has 12 heavy (non-hydrogen) atoms. The molecular formula is C10H13NO. The molecule has 2 heterocycles. The Bertz CT molecular complexity index is 253. The minimum atomic E-state index is 0.970. The summed E-state index contributed by atoms with van der Waals surface area (Å²) >= 11 is 0. The maximum absolute atomic E-state index is 4.50. The number of rotatable bonds is 1. The highest BCUT2D eigenvalue weighted by molar-refractivity contribution is 5.45. The van der Waals surface area contributed by atoms with Gasteiger partial charge in [0.2, 0.25) is 0 Å². The van der Waals surface area contributed by atoms with Crippen LogP contribution in [0.15, 0.2) is 24.9 Å². The van der Waals surface area contributed by atoms with Crippen LogP contribution < -0.4 is 0 Å². The summed E-state index contributed by atoms with van der Waals surface area (Å²) in [4.78, 5) is 4.08. The molecule has 0 spiro atoms. The van der Waals surface area contributed by atoms with Gasteiger partial charge in [0.25, 0.3) is 0 Å². The van der Waals surface area contributed by atoms with Crippen molar-refractivity contribution in [2.75, 3.05) is 13.2 Å². The van der Waals surface area contributed by atoms with Crippen LogP contribution >= 0.6 is 0 Å². The molecule has 0 atom stereocenters. The molecule has 2 nitrogen and oxygen atoms in total. The van der Waals surface area contributed by atoms with Crippen molar-refractivity contribution in [2.45, 2.75) is 6.92 Å². The molecule has 1 aromatic rings. The molecule has 1 aliphatic rings. The second-order valence-corrected chi connectivity index (χ2v) is 2.52. The summed E-state index contributed by atoms with van der Waals surface area (Å²) in [5, 5.41) is 0. The average Bonchev–Trinajstić information content (AvgIpc) is 2.91. The number of aryl methyl sites for hydroxylation is 1. The lowest BCUT2D eigenvalue weighted by atomic mass is 10.2. The zero-order chi connectivity index (χ0) is 8.81. The summed E-state index contributed by atoms with van der Waals surface area (Å²) in [6.45, 7) is 7.65. The highest BCUT2D eigenvalue weighted by atomic mass is 16.6. The molecule has 0 bridgehead atoms. The van der Waals surface area contributed by atoms with Crippen molar-refractivity contribution >= 4 is 6.08 Å². The van der Waals surface area contributed by atoms with Gasteiger partial charge >= 0.3 is 0 Å². The zero-order valence-corrected chi connectivity index (χ0v) is 7.29. The van der Waals surface area contributed by atoms with E-state index in [-0.39, 0.29) is 0 Å². The van der Waals surface area contributed by atoms with E-state index in [0.29, 0.717) is 0 Å². The summed E-state index contributed by atoms with van der Waals surface area (Å²) in [6.07, 6.45) is 3.53. The van der Waals surface area contributed by atoms with Crippen molar-refractivity contribution in [1.29, 1.82) is 0 Å². The van der Waals surface area contributed by atoms with E-state index in [2.05, 4.69) is 16.3 Å². The average molecular weight is 163 g/mol. The molecule has 1 aliphatic heterocycles. The first-order valence-corrected chi connectivity index (χ1v) is 3.96. The lowest BCUT2D eigenvalue weighted by Crippen LogP contribution is -1.82. The predicted molar refractivity (Wildman–Crippen MR) is 49.9 cm³/mol. The van der Waals surface area contributed by atoms with Crippen LogP contribution in [0.2, 0.25) is 0 Å². The maximum atomic E-state index is 4.50. The predicted octanol–water partition coefficient (Wildman–Crippen LogP) is 2.05.